The minimum atomic E-state index is -0.213. The van der Waals surface area contributed by atoms with Crippen LogP contribution in [0.15, 0.2) is 18.2 Å². The van der Waals surface area contributed by atoms with E-state index in [4.69, 9.17) is 4.74 Å². The van der Waals surface area contributed by atoms with Crippen LogP contribution in [0.3, 0.4) is 0 Å². The molecule has 1 aromatic carbocycles. The normalized spacial score (nSPS) is 17.0. The number of benzene rings is 1. The fraction of sp³-hybridized carbons (Fsp3) is 0.533. The summed E-state index contributed by atoms with van der Waals surface area (Å²) in [5.41, 5.74) is 2.03. The SMILES string of the molecule is COc1cc(C2(C(=O)C(C)C)CC2)ccc1C. The molecule has 1 saturated carbocycles. The predicted octanol–water partition coefficient (Wildman–Crippen LogP) is 3.26. The van der Waals surface area contributed by atoms with Gasteiger partial charge in [-0.1, -0.05) is 26.0 Å². The Balaban J connectivity index is 2.38. The van der Waals surface area contributed by atoms with Gasteiger partial charge in [-0.2, -0.15) is 0 Å². The van der Waals surface area contributed by atoms with Crippen LogP contribution in [0.2, 0.25) is 0 Å². The Hall–Kier alpha value is -1.31. The summed E-state index contributed by atoms with van der Waals surface area (Å²) in [5.74, 6) is 1.35. The number of hydrogen-bond donors (Lipinski definition) is 0. The van der Waals surface area contributed by atoms with Gasteiger partial charge in [0.05, 0.1) is 12.5 Å². The molecule has 0 amide bonds. The number of ketones is 1. The number of aryl methyl sites for hydroxylation is 1. The molecule has 1 aromatic rings. The monoisotopic (exact) mass is 232 g/mol. The van der Waals surface area contributed by atoms with Gasteiger partial charge in [0.1, 0.15) is 11.5 Å². The van der Waals surface area contributed by atoms with E-state index < -0.39 is 0 Å². The number of carbonyl (C=O) groups excluding carboxylic acids is 1. The summed E-state index contributed by atoms with van der Waals surface area (Å²) in [5, 5.41) is 0. The van der Waals surface area contributed by atoms with E-state index in [9.17, 15) is 4.79 Å². The lowest BCUT2D eigenvalue weighted by Gasteiger charge is -2.18. The van der Waals surface area contributed by atoms with Crippen molar-refractivity contribution in [1.82, 2.24) is 0 Å². The Morgan fingerprint density at radius 2 is 2.00 bits per heavy atom. The lowest BCUT2D eigenvalue weighted by Crippen LogP contribution is -2.25. The van der Waals surface area contributed by atoms with Gasteiger partial charge in [0.15, 0.2) is 0 Å². The van der Waals surface area contributed by atoms with E-state index in [-0.39, 0.29) is 11.3 Å². The number of Topliss-reactive ketones (excluding diaryl/α,β-unsaturated/α-hetero) is 1. The maximum atomic E-state index is 12.3. The van der Waals surface area contributed by atoms with E-state index in [2.05, 4.69) is 6.07 Å². The van der Waals surface area contributed by atoms with Crippen molar-refractivity contribution >= 4 is 5.78 Å². The van der Waals surface area contributed by atoms with Gasteiger partial charge in [0.2, 0.25) is 0 Å². The number of methoxy groups -OCH3 is 1. The average Bonchev–Trinajstić information content (AvgIpc) is 3.10. The first-order chi connectivity index (χ1) is 8.01. The molecule has 1 aliphatic carbocycles. The van der Waals surface area contributed by atoms with E-state index >= 15 is 0 Å². The Morgan fingerprint density at radius 1 is 1.35 bits per heavy atom. The first-order valence-corrected chi connectivity index (χ1v) is 6.21. The van der Waals surface area contributed by atoms with Crippen LogP contribution in [0.25, 0.3) is 0 Å². The van der Waals surface area contributed by atoms with Gasteiger partial charge < -0.3 is 4.74 Å². The maximum Gasteiger partial charge on any atom is 0.145 e. The van der Waals surface area contributed by atoms with Crippen molar-refractivity contribution in [2.45, 2.75) is 39.0 Å². The van der Waals surface area contributed by atoms with Crippen LogP contribution in [-0.4, -0.2) is 12.9 Å². The Labute approximate surface area is 103 Å². The van der Waals surface area contributed by atoms with Crippen LogP contribution in [0.5, 0.6) is 5.75 Å². The van der Waals surface area contributed by atoms with Gasteiger partial charge in [-0.15, -0.1) is 0 Å². The summed E-state index contributed by atoms with van der Waals surface area (Å²) >= 11 is 0. The second kappa shape index (κ2) is 4.17. The molecule has 0 N–H and O–H groups in total. The lowest BCUT2D eigenvalue weighted by atomic mass is 9.85. The predicted molar refractivity (Wildman–Crippen MR) is 68.5 cm³/mol. The number of ether oxygens (including phenoxy) is 1. The zero-order valence-electron chi connectivity index (χ0n) is 11.0. The van der Waals surface area contributed by atoms with E-state index in [1.807, 2.05) is 32.9 Å². The quantitative estimate of drug-likeness (QED) is 0.796. The van der Waals surface area contributed by atoms with Crippen molar-refractivity contribution in [1.29, 1.82) is 0 Å². The van der Waals surface area contributed by atoms with Crippen LogP contribution in [0, 0.1) is 12.8 Å². The van der Waals surface area contributed by atoms with Crippen molar-refractivity contribution in [2.24, 2.45) is 5.92 Å². The van der Waals surface area contributed by atoms with Crippen molar-refractivity contribution in [3.63, 3.8) is 0 Å². The zero-order valence-corrected chi connectivity index (χ0v) is 11.0. The topological polar surface area (TPSA) is 26.3 Å². The summed E-state index contributed by atoms with van der Waals surface area (Å²) in [6, 6.07) is 6.15. The van der Waals surface area contributed by atoms with Gasteiger partial charge in [-0.05, 0) is 37.0 Å². The summed E-state index contributed by atoms with van der Waals surface area (Å²) in [4.78, 5) is 12.3. The van der Waals surface area contributed by atoms with Crippen molar-refractivity contribution in [3.8, 4) is 5.75 Å². The highest BCUT2D eigenvalue weighted by atomic mass is 16.5. The molecular weight excluding hydrogens is 212 g/mol. The van der Waals surface area contributed by atoms with E-state index in [0.29, 0.717) is 5.78 Å². The molecule has 0 aromatic heterocycles. The van der Waals surface area contributed by atoms with E-state index in [1.54, 1.807) is 7.11 Å². The van der Waals surface area contributed by atoms with E-state index in [1.165, 1.54) is 0 Å². The molecule has 2 nitrogen and oxygen atoms in total. The maximum absolute atomic E-state index is 12.3. The average molecular weight is 232 g/mol. The smallest absolute Gasteiger partial charge is 0.145 e. The van der Waals surface area contributed by atoms with Crippen LogP contribution in [0.4, 0.5) is 0 Å². The Bertz CT molecular complexity index is 442. The third-order valence-corrected chi connectivity index (χ3v) is 3.71. The number of carbonyl (C=O) groups is 1. The largest absolute Gasteiger partial charge is 0.496 e. The molecule has 0 saturated heterocycles. The Morgan fingerprint density at radius 3 is 2.47 bits per heavy atom. The molecule has 92 valence electrons. The van der Waals surface area contributed by atoms with Crippen LogP contribution in [-0.2, 0) is 10.2 Å². The first-order valence-electron chi connectivity index (χ1n) is 6.21. The minimum absolute atomic E-state index is 0.102. The molecule has 0 unspecified atom stereocenters. The molecule has 0 bridgehead atoms. The number of hydrogen-bond acceptors (Lipinski definition) is 2. The van der Waals surface area contributed by atoms with E-state index in [0.717, 1.165) is 29.7 Å². The first kappa shape index (κ1) is 12.2. The third kappa shape index (κ3) is 1.97. The van der Waals surface area contributed by atoms with Gasteiger partial charge in [-0.25, -0.2) is 0 Å². The van der Waals surface area contributed by atoms with Crippen molar-refractivity contribution in [3.05, 3.63) is 29.3 Å². The molecule has 1 fully saturated rings. The molecule has 0 radical (unpaired) electrons. The van der Waals surface area contributed by atoms with Crippen LogP contribution >= 0.6 is 0 Å². The van der Waals surface area contributed by atoms with Crippen molar-refractivity contribution < 1.29 is 9.53 Å². The molecule has 17 heavy (non-hydrogen) atoms. The van der Waals surface area contributed by atoms with Crippen LogP contribution in [0.1, 0.15) is 37.8 Å². The standard InChI is InChI=1S/C15H20O2/c1-10(2)14(16)15(7-8-15)12-6-5-11(3)13(9-12)17-4/h5-6,9-10H,7-8H2,1-4H3. The number of rotatable bonds is 4. The molecule has 2 rings (SSSR count). The highest BCUT2D eigenvalue weighted by Crippen LogP contribution is 2.51. The minimum Gasteiger partial charge on any atom is -0.496 e. The molecule has 0 aliphatic heterocycles. The highest BCUT2D eigenvalue weighted by molar-refractivity contribution is 5.94. The highest BCUT2D eigenvalue weighted by Gasteiger charge is 2.51. The Kier molecular flexibility index (Phi) is 2.98. The van der Waals surface area contributed by atoms with Gasteiger partial charge in [-0.3, -0.25) is 4.79 Å². The third-order valence-electron chi connectivity index (χ3n) is 3.71. The molecule has 0 atom stereocenters. The van der Waals surface area contributed by atoms with Gasteiger partial charge in [0.25, 0.3) is 0 Å². The van der Waals surface area contributed by atoms with Crippen molar-refractivity contribution in [2.75, 3.05) is 7.11 Å². The fourth-order valence-corrected chi connectivity index (χ4v) is 2.47. The summed E-state index contributed by atoms with van der Waals surface area (Å²) in [6.07, 6.45) is 1.96. The molecule has 0 spiro atoms. The summed E-state index contributed by atoms with van der Waals surface area (Å²) in [7, 11) is 1.68. The zero-order chi connectivity index (χ0) is 12.6. The second-order valence-corrected chi connectivity index (χ2v) is 5.29. The molecule has 1 aliphatic rings. The lowest BCUT2D eigenvalue weighted by molar-refractivity contribution is -0.124. The molecular formula is C15H20O2. The summed E-state index contributed by atoms with van der Waals surface area (Å²) in [6.45, 7) is 5.98. The van der Waals surface area contributed by atoms with Gasteiger partial charge >= 0.3 is 0 Å². The van der Waals surface area contributed by atoms with Crippen LogP contribution < -0.4 is 4.74 Å². The van der Waals surface area contributed by atoms with Gasteiger partial charge in [0, 0.05) is 5.92 Å². The fourth-order valence-electron chi connectivity index (χ4n) is 2.47. The molecule has 2 heteroatoms. The molecule has 0 heterocycles. The summed E-state index contributed by atoms with van der Waals surface area (Å²) < 4.78 is 5.34. The second-order valence-electron chi connectivity index (χ2n) is 5.29.